The molecule has 0 aromatic heterocycles. The molecule has 0 aliphatic heterocycles. The van der Waals surface area contributed by atoms with E-state index in [1.54, 1.807) is 0 Å². The predicted octanol–water partition coefficient (Wildman–Crippen LogP) is 2.08. The Morgan fingerprint density at radius 3 is 3.07 bits per heavy atom. The number of nitrogens with one attached hydrogen (secondary N) is 1. The van der Waals surface area contributed by atoms with Crippen molar-refractivity contribution in [2.45, 2.75) is 6.61 Å². The number of ether oxygens (including phenoxy) is 1. The molecule has 1 rings (SSSR count). The number of halogens is 1. The summed E-state index contributed by atoms with van der Waals surface area (Å²) in [5.41, 5.74) is 1.08. The normalized spacial score (nSPS) is 9.87. The van der Waals surface area contributed by atoms with Gasteiger partial charge in [-0.05, 0) is 17.7 Å². The quantitative estimate of drug-likeness (QED) is 0.589. The zero-order chi connectivity index (χ0) is 10.9. The van der Waals surface area contributed by atoms with Gasteiger partial charge in [0.15, 0.2) is 0 Å². The van der Waals surface area contributed by atoms with E-state index < -0.39 is 0 Å². The molecule has 0 saturated heterocycles. The summed E-state index contributed by atoms with van der Waals surface area (Å²) in [5, 5.41) is 3.78. The molecule has 15 heavy (non-hydrogen) atoms. The fraction of sp³-hybridized carbons (Fsp3) is 0.333. The second-order valence-corrected chi connectivity index (χ2v) is 3.50. The van der Waals surface area contributed by atoms with E-state index in [9.17, 15) is 0 Å². The summed E-state index contributed by atoms with van der Waals surface area (Å²) in [4.78, 5) is 0. The average molecular weight is 224 g/mol. The standard InChI is InChI=1S/C12H14ClNO/c1-2-6-14-7-8-15-10-11-4-3-5-12(13)9-11/h1,3-5,9,14H,6-8,10H2. The molecule has 0 saturated carbocycles. The fourth-order valence-electron chi connectivity index (χ4n) is 1.12. The van der Waals surface area contributed by atoms with Crippen LogP contribution in [0.15, 0.2) is 24.3 Å². The molecule has 2 nitrogen and oxygen atoms in total. The average Bonchev–Trinajstić information content (AvgIpc) is 2.23. The van der Waals surface area contributed by atoms with E-state index in [2.05, 4.69) is 11.2 Å². The summed E-state index contributed by atoms with van der Waals surface area (Å²) < 4.78 is 5.43. The summed E-state index contributed by atoms with van der Waals surface area (Å²) in [6.07, 6.45) is 5.08. The topological polar surface area (TPSA) is 21.3 Å². The monoisotopic (exact) mass is 223 g/mol. The molecule has 1 aromatic rings. The van der Waals surface area contributed by atoms with Crippen LogP contribution in [0.2, 0.25) is 5.02 Å². The smallest absolute Gasteiger partial charge is 0.0718 e. The molecule has 80 valence electrons. The Kier molecular flexibility index (Phi) is 5.87. The van der Waals surface area contributed by atoms with Crippen molar-refractivity contribution in [3.8, 4) is 12.3 Å². The van der Waals surface area contributed by atoms with Gasteiger partial charge in [-0.3, -0.25) is 0 Å². The number of rotatable bonds is 6. The molecular weight excluding hydrogens is 210 g/mol. The summed E-state index contributed by atoms with van der Waals surface area (Å²) in [6, 6.07) is 7.65. The first-order valence-corrected chi connectivity index (χ1v) is 5.17. The number of hydrogen-bond acceptors (Lipinski definition) is 2. The van der Waals surface area contributed by atoms with Crippen molar-refractivity contribution >= 4 is 11.6 Å². The van der Waals surface area contributed by atoms with E-state index in [-0.39, 0.29) is 0 Å². The maximum atomic E-state index is 5.84. The largest absolute Gasteiger partial charge is 0.375 e. The molecule has 0 bridgehead atoms. The van der Waals surface area contributed by atoms with Gasteiger partial charge in [-0.25, -0.2) is 0 Å². The summed E-state index contributed by atoms with van der Waals surface area (Å²) in [5.74, 6) is 2.50. The molecule has 0 amide bonds. The third-order valence-electron chi connectivity index (χ3n) is 1.81. The Morgan fingerprint density at radius 2 is 2.33 bits per heavy atom. The molecule has 3 heteroatoms. The first-order valence-electron chi connectivity index (χ1n) is 4.79. The zero-order valence-corrected chi connectivity index (χ0v) is 9.26. The van der Waals surface area contributed by atoms with E-state index in [0.29, 0.717) is 19.8 Å². The molecule has 0 fully saturated rings. The molecule has 0 aliphatic carbocycles. The molecule has 0 spiro atoms. The van der Waals surface area contributed by atoms with Gasteiger partial charge in [-0.15, -0.1) is 6.42 Å². The lowest BCUT2D eigenvalue weighted by atomic mass is 10.2. The van der Waals surface area contributed by atoms with Crippen molar-refractivity contribution < 1.29 is 4.74 Å². The Balaban J connectivity index is 2.13. The van der Waals surface area contributed by atoms with E-state index >= 15 is 0 Å². The van der Waals surface area contributed by atoms with Crippen LogP contribution in [0.25, 0.3) is 0 Å². The van der Waals surface area contributed by atoms with E-state index in [1.165, 1.54) is 0 Å². The molecule has 0 atom stereocenters. The number of terminal acetylenes is 1. The molecule has 1 N–H and O–H groups in total. The van der Waals surface area contributed by atoms with Crippen molar-refractivity contribution in [1.82, 2.24) is 5.32 Å². The first-order chi connectivity index (χ1) is 7.33. The lowest BCUT2D eigenvalue weighted by Gasteiger charge is -2.04. The van der Waals surface area contributed by atoms with Gasteiger partial charge < -0.3 is 10.1 Å². The van der Waals surface area contributed by atoms with Gasteiger partial charge in [-0.2, -0.15) is 0 Å². The Labute approximate surface area is 95.6 Å². The van der Waals surface area contributed by atoms with Gasteiger partial charge in [0.2, 0.25) is 0 Å². The number of benzene rings is 1. The Hall–Kier alpha value is -1.01. The zero-order valence-electron chi connectivity index (χ0n) is 8.50. The van der Waals surface area contributed by atoms with Crippen LogP contribution >= 0.6 is 11.6 Å². The molecular formula is C12H14ClNO. The minimum atomic E-state index is 0.582. The minimum Gasteiger partial charge on any atom is -0.375 e. The van der Waals surface area contributed by atoms with Crippen LogP contribution in [0.4, 0.5) is 0 Å². The van der Waals surface area contributed by atoms with E-state index in [0.717, 1.165) is 17.1 Å². The van der Waals surface area contributed by atoms with Crippen molar-refractivity contribution in [1.29, 1.82) is 0 Å². The van der Waals surface area contributed by atoms with Crippen LogP contribution in [0.1, 0.15) is 5.56 Å². The SMILES string of the molecule is C#CCNCCOCc1cccc(Cl)c1. The molecule has 0 radical (unpaired) electrons. The van der Waals surface area contributed by atoms with Crippen molar-refractivity contribution in [2.24, 2.45) is 0 Å². The predicted molar refractivity (Wildman–Crippen MR) is 62.8 cm³/mol. The highest BCUT2D eigenvalue weighted by atomic mass is 35.5. The first kappa shape index (κ1) is 12.1. The number of hydrogen-bond donors (Lipinski definition) is 1. The fourth-order valence-corrected chi connectivity index (χ4v) is 1.33. The van der Waals surface area contributed by atoms with Gasteiger partial charge in [0.25, 0.3) is 0 Å². The highest BCUT2D eigenvalue weighted by Gasteiger charge is 1.94. The Bertz CT molecular complexity index is 333. The third kappa shape index (κ3) is 5.44. The molecule has 0 aliphatic rings. The van der Waals surface area contributed by atoms with Crippen molar-refractivity contribution in [3.63, 3.8) is 0 Å². The van der Waals surface area contributed by atoms with Crippen molar-refractivity contribution in [2.75, 3.05) is 19.7 Å². The summed E-state index contributed by atoms with van der Waals surface area (Å²) in [6.45, 7) is 2.58. The van der Waals surface area contributed by atoms with Gasteiger partial charge in [0.1, 0.15) is 0 Å². The molecule has 0 unspecified atom stereocenters. The lowest BCUT2D eigenvalue weighted by molar-refractivity contribution is 0.123. The maximum absolute atomic E-state index is 5.84. The van der Waals surface area contributed by atoms with Gasteiger partial charge in [0.05, 0.1) is 19.8 Å². The maximum Gasteiger partial charge on any atom is 0.0718 e. The minimum absolute atomic E-state index is 0.582. The third-order valence-corrected chi connectivity index (χ3v) is 2.04. The van der Waals surface area contributed by atoms with Crippen LogP contribution in [0.3, 0.4) is 0 Å². The lowest BCUT2D eigenvalue weighted by Crippen LogP contribution is -2.19. The second kappa shape index (κ2) is 7.30. The van der Waals surface area contributed by atoms with Crippen molar-refractivity contribution in [3.05, 3.63) is 34.9 Å². The van der Waals surface area contributed by atoms with Crippen LogP contribution in [-0.2, 0) is 11.3 Å². The van der Waals surface area contributed by atoms with Crippen LogP contribution in [0, 0.1) is 12.3 Å². The van der Waals surface area contributed by atoms with Crippen LogP contribution in [0.5, 0.6) is 0 Å². The van der Waals surface area contributed by atoms with E-state index in [1.807, 2.05) is 24.3 Å². The highest BCUT2D eigenvalue weighted by molar-refractivity contribution is 6.30. The summed E-state index contributed by atoms with van der Waals surface area (Å²) in [7, 11) is 0. The Morgan fingerprint density at radius 1 is 1.47 bits per heavy atom. The van der Waals surface area contributed by atoms with E-state index in [4.69, 9.17) is 22.8 Å². The molecule has 1 aromatic carbocycles. The second-order valence-electron chi connectivity index (χ2n) is 3.06. The van der Waals surface area contributed by atoms with Crippen LogP contribution < -0.4 is 5.32 Å². The van der Waals surface area contributed by atoms with Gasteiger partial charge >= 0.3 is 0 Å². The summed E-state index contributed by atoms with van der Waals surface area (Å²) >= 11 is 5.84. The molecule has 0 heterocycles. The highest BCUT2D eigenvalue weighted by Crippen LogP contribution is 2.11. The van der Waals surface area contributed by atoms with Gasteiger partial charge in [-0.1, -0.05) is 29.7 Å². The van der Waals surface area contributed by atoms with Gasteiger partial charge in [0, 0.05) is 11.6 Å². The van der Waals surface area contributed by atoms with Crippen LogP contribution in [-0.4, -0.2) is 19.7 Å².